The van der Waals surface area contributed by atoms with Gasteiger partial charge in [0, 0.05) is 12.1 Å². The number of furan rings is 1. The quantitative estimate of drug-likeness (QED) is 0.332. The standard InChI is InChI=1S/C23H18O8/c1-26-19-9-13(10-20(27-2)22(19)28-3)23(25)30-15-6-7-16-17(12-15)31-18(21(16)24)11-14-5-4-8-29-14/h4-12H,1-3H3/b18-11-. The lowest BCUT2D eigenvalue weighted by Crippen LogP contribution is -2.09. The Kier molecular flexibility index (Phi) is 5.36. The van der Waals surface area contributed by atoms with Gasteiger partial charge in [-0.3, -0.25) is 4.79 Å². The van der Waals surface area contributed by atoms with Gasteiger partial charge in [0.15, 0.2) is 17.3 Å². The van der Waals surface area contributed by atoms with Gasteiger partial charge in [-0.25, -0.2) is 4.79 Å². The third-order valence-corrected chi connectivity index (χ3v) is 4.57. The van der Waals surface area contributed by atoms with Crippen molar-refractivity contribution in [2.75, 3.05) is 21.3 Å². The molecule has 0 radical (unpaired) electrons. The van der Waals surface area contributed by atoms with Crippen LogP contribution in [0.15, 0.2) is 58.9 Å². The van der Waals surface area contributed by atoms with Crippen molar-refractivity contribution < 1.29 is 37.7 Å². The zero-order valence-electron chi connectivity index (χ0n) is 17.0. The molecule has 3 aromatic rings. The molecule has 0 aliphatic carbocycles. The van der Waals surface area contributed by atoms with Gasteiger partial charge in [-0.15, -0.1) is 0 Å². The second kappa shape index (κ2) is 8.27. The van der Waals surface area contributed by atoms with E-state index in [9.17, 15) is 9.59 Å². The third kappa shape index (κ3) is 3.83. The Labute approximate surface area is 177 Å². The maximum Gasteiger partial charge on any atom is 0.343 e. The van der Waals surface area contributed by atoms with Gasteiger partial charge in [0.2, 0.25) is 11.5 Å². The van der Waals surface area contributed by atoms with Crippen molar-refractivity contribution in [3.05, 3.63) is 71.4 Å². The second-order valence-electron chi connectivity index (χ2n) is 6.42. The minimum atomic E-state index is -0.644. The van der Waals surface area contributed by atoms with Crippen LogP contribution in [0.4, 0.5) is 0 Å². The van der Waals surface area contributed by atoms with Crippen LogP contribution in [0.25, 0.3) is 6.08 Å². The van der Waals surface area contributed by atoms with Crippen LogP contribution in [-0.4, -0.2) is 33.1 Å². The number of ether oxygens (including phenoxy) is 5. The number of hydrogen-bond donors (Lipinski definition) is 0. The van der Waals surface area contributed by atoms with Gasteiger partial charge in [0.1, 0.15) is 17.3 Å². The summed E-state index contributed by atoms with van der Waals surface area (Å²) in [4.78, 5) is 25.2. The van der Waals surface area contributed by atoms with E-state index < -0.39 is 5.97 Å². The van der Waals surface area contributed by atoms with Gasteiger partial charge in [-0.2, -0.15) is 0 Å². The van der Waals surface area contributed by atoms with E-state index in [1.165, 1.54) is 57.9 Å². The molecule has 0 unspecified atom stereocenters. The first-order valence-corrected chi connectivity index (χ1v) is 9.18. The molecule has 0 spiro atoms. The number of fused-ring (bicyclic) bond motifs is 1. The first-order chi connectivity index (χ1) is 15.0. The van der Waals surface area contributed by atoms with Crippen molar-refractivity contribution in [2.24, 2.45) is 0 Å². The van der Waals surface area contributed by atoms with Gasteiger partial charge < -0.3 is 28.1 Å². The van der Waals surface area contributed by atoms with E-state index in [4.69, 9.17) is 28.1 Å². The summed E-state index contributed by atoms with van der Waals surface area (Å²) in [5.41, 5.74) is 0.566. The molecule has 31 heavy (non-hydrogen) atoms. The summed E-state index contributed by atoms with van der Waals surface area (Å²) in [5.74, 6) is 1.20. The molecular formula is C23H18O8. The monoisotopic (exact) mass is 422 g/mol. The number of Topliss-reactive ketones (excluding diaryl/α,β-unsaturated/α-hetero) is 1. The molecule has 0 bridgehead atoms. The fourth-order valence-corrected chi connectivity index (χ4v) is 3.10. The molecule has 1 aromatic heterocycles. The highest BCUT2D eigenvalue weighted by Crippen LogP contribution is 2.39. The first kappa shape index (κ1) is 20.1. The largest absolute Gasteiger partial charge is 0.493 e. The molecule has 8 heteroatoms. The Morgan fingerprint density at radius 1 is 0.968 bits per heavy atom. The van der Waals surface area contributed by atoms with Crippen LogP contribution in [0.1, 0.15) is 26.5 Å². The molecule has 1 aliphatic heterocycles. The molecule has 0 saturated carbocycles. The smallest absolute Gasteiger partial charge is 0.343 e. The predicted molar refractivity (Wildman–Crippen MR) is 109 cm³/mol. The summed E-state index contributed by atoms with van der Waals surface area (Å²) in [7, 11) is 4.38. The Morgan fingerprint density at radius 2 is 1.71 bits per heavy atom. The number of carbonyl (C=O) groups is 2. The molecule has 0 amide bonds. The SMILES string of the molecule is COc1cc(C(=O)Oc2ccc3c(c2)O/C(=C\c2ccco2)C3=O)cc(OC)c1OC. The maximum absolute atomic E-state index is 12.7. The molecule has 2 heterocycles. The highest BCUT2D eigenvalue weighted by atomic mass is 16.5. The fourth-order valence-electron chi connectivity index (χ4n) is 3.10. The van der Waals surface area contributed by atoms with E-state index >= 15 is 0 Å². The van der Waals surface area contributed by atoms with E-state index in [2.05, 4.69) is 0 Å². The molecule has 4 rings (SSSR count). The Balaban J connectivity index is 1.57. The minimum absolute atomic E-state index is 0.123. The Morgan fingerprint density at radius 3 is 2.32 bits per heavy atom. The van der Waals surface area contributed by atoms with E-state index in [0.717, 1.165) is 0 Å². The number of esters is 1. The number of rotatable bonds is 6. The molecule has 8 nitrogen and oxygen atoms in total. The molecule has 0 atom stereocenters. The van der Waals surface area contributed by atoms with Crippen LogP contribution in [0, 0.1) is 0 Å². The molecule has 2 aromatic carbocycles. The van der Waals surface area contributed by atoms with Crippen molar-refractivity contribution in [2.45, 2.75) is 0 Å². The first-order valence-electron chi connectivity index (χ1n) is 9.18. The lowest BCUT2D eigenvalue weighted by molar-refractivity contribution is 0.0733. The number of ketones is 1. The van der Waals surface area contributed by atoms with Crippen LogP contribution in [0.2, 0.25) is 0 Å². The average molecular weight is 422 g/mol. The van der Waals surface area contributed by atoms with Crippen LogP contribution in [-0.2, 0) is 0 Å². The fraction of sp³-hybridized carbons (Fsp3) is 0.130. The minimum Gasteiger partial charge on any atom is -0.493 e. The van der Waals surface area contributed by atoms with E-state index in [0.29, 0.717) is 28.6 Å². The summed E-state index contributed by atoms with van der Waals surface area (Å²) in [5, 5.41) is 0. The van der Waals surface area contributed by atoms with Crippen molar-refractivity contribution in [1.82, 2.24) is 0 Å². The molecular weight excluding hydrogens is 404 g/mol. The van der Waals surface area contributed by atoms with Crippen molar-refractivity contribution in [1.29, 1.82) is 0 Å². The van der Waals surface area contributed by atoms with Gasteiger partial charge in [-0.1, -0.05) is 0 Å². The van der Waals surface area contributed by atoms with Gasteiger partial charge >= 0.3 is 5.97 Å². The summed E-state index contributed by atoms with van der Waals surface area (Å²) >= 11 is 0. The highest BCUT2D eigenvalue weighted by Gasteiger charge is 2.28. The van der Waals surface area contributed by atoms with Gasteiger partial charge in [0.25, 0.3) is 0 Å². The summed E-state index contributed by atoms with van der Waals surface area (Å²) in [6.07, 6.45) is 3.00. The molecule has 0 saturated heterocycles. The van der Waals surface area contributed by atoms with Crippen molar-refractivity contribution in [3.8, 4) is 28.7 Å². The molecule has 0 N–H and O–H groups in total. The topological polar surface area (TPSA) is 93.4 Å². The second-order valence-corrected chi connectivity index (χ2v) is 6.42. The average Bonchev–Trinajstić information content (AvgIpc) is 3.40. The lowest BCUT2D eigenvalue weighted by Gasteiger charge is -2.13. The zero-order chi connectivity index (χ0) is 22.0. The molecule has 1 aliphatic rings. The summed E-state index contributed by atoms with van der Waals surface area (Å²) in [6, 6.07) is 10.9. The maximum atomic E-state index is 12.7. The summed E-state index contributed by atoms with van der Waals surface area (Å²) in [6.45, 7) is 0. The lowest BCUT2D eigenvalue weighted by atomic mass is 10.1. The zero-order valence-corrected chi connectivity index (χ0v) is 17.0. The van der Waals surface area contributed by atoms with Crippen LogP contribution in [0.3, 0.4) is 0 Å². The van der Waals surface area contributed by atoms with Crippen LogP contribution < -0.4 is 23.7 Å². The number of methoxy groups -OCH3 is 3. The van der Waals surface area contributed by atoms with Gasteiger partial charge in [-0.05, 0) is 36.4 Å². The third-order valence-electron chi connectivity index (χ3n) is 4.57. The molecule has 0 fully saturated rings. The Bertz CT molecular complexity index is 1150. The predicted octanol–water partition coefficient (Wildman–Crippen LogP) is 4.14. The van der Waals surface area contributed by atoms with Crippen LogP contribution >= 0.6 is 0 Å². The number of hydrogen-bond acceptors (Lipinski definition) is 8. The van der Waals surface area contributed by atoms with Gasteiger partial charge in [0.05, 0.1) is 38.7 Å². The van der Waals surface area contributed by atoms with Crippen LogP contribution in [0.5, 0.6) is 28.7 Å². The number of allylic oxidation sites excluding steroid dienone is 1. The van der Waals surface area contributed by atoms with Crippen molar-refractivity contribution >= 4 is 17.8 Å². The number of carbonyl (C=O) groups excluding carboxylic acids is 2. The van der Waals surface area contributed by atoms with E-state index in [-0.39, 0.29) is 28.6 Å². The van der Waals surface area contributed by atoms with E-state index in [1.807, 2.05) is 0 Å². The highest BCUT2D eigenvalue weighted by molar-refractivity contribution is 6.14. The van der Waals surface area contributed by atoms with Crippen molar-refractivity contribution in [3.63, 3.8) is 0 Å². The normalized spacial score (nSPS) is 13.5. The molecule has 158 valence electrons. The summed E-state index contributed by atoms with van der Waals surface area (Å²) < 4.78 is 32.1. The Hall–Kier alpha value is -4.20. The number of benzene rings is 2. The van der Waals surface area contributed by atoms with E-state index in [1.54, 1.807) is 18.2 Å².